The summed E-state index contributed by atoms with van der Waals surface area (Å²) in [5.41, 5.74) is 6.30. The molecule has 0 amide bonds. The highest BCUT2D eigenvalue weighted by Gasteiger charge is 2.21. The van der Waals surface area contributed by atoms with Crippen LogP contribution in [0.1, 0.15) is 39.7 Å². The lowest BCUT2D eigenvalue weighted by Crippen LogP contribution is -2.36. The quantitative estimate of drug-likeness (QED) is 0.612. The Bertz CT molecular complexity index is 514. The Hall–Kier alpha value is -2.12. The van der Waals surface area contributed by atoms with Gasteiger partial charge in [-0.15, -0.1) is 5.73 Å². The Morgan fingerprint density at radius 1 is 1.33 bits per heavy atom. The van der Waals surface area contributed by atoms with Gasteiger partial charge in [0.1, 0.15) is 13.1 Å². The molecule has 0 aliphatic heterocycles. The predicted octanol–water partition coefficient (Wildman–Crippen LogP) is 3.74. The molecular weight excluding hydrogens is 262 g/mol. The minimum atomic E-state index is -0.00219. The molecule has 0 radical (unpaired) electrons. The Balaban J connectivity index is 0. The summed E-state index contributed by atoms with van der Waals surface area (Å²) in [6, 6.07) is 8.14. The van der Waals surface area contributed by atoms with E-state index in [9.17, 15) is 4.79 Å². The summed E-state index contributed by atoms with van der Waals surface area (Å²) in [7, 11) is 2.05. The molecule has 0 atom stereocenters. The number of carbonyl (C=O) groups is 2. The normalized spacial score (nSPS) is 9.90. The molecule has 0 N–H and O–H groups in total. The van der Waals surface area contributed by atoms with Crippen LogP contribution in [0.25, 0.3) is 5.70 Å². The predicted molar refractivity (Wildman–Crippen MR) is 90.1 cm³/mol. The van der Waals surface area contributed by atoms with Gasteiger partial charge in [0.15, 0.2) is 0 Å². The first-order chi connectivity index (χ1) is 9.91. The highest BCUT2D eigenvalue weighted by molar-refractivity contribution is 5.67. The number of rotatable bonds is 5. The van der Waals surface area contributed by atoms with Gasteiger partial charge in [0, 0.05) is 26.0 Å². The van der Waals surface area contributed by atoms with E-state index in [0.717, 1.165) is 29.5 Å². The van der Waals surface area contributed by atoms with Crippen LogP contribution < -0.4 is 0 Å². The fraction of sp³-hybridized carbons (Fsp3) is 0.389. The number of hydrogen-bond acceptors (Lipinski definition) is 3. The van der Waals surface area contributed by atoms with E-state index in [2.05, 4.69) is 50.1 Å². The standard InChI is InChI=1S/C17H23NO.CH2O.H2/c1-6-16(18(5)17(2,3)4)15-12-8-7-10-14(15)11-9-13-19;1-2;/h7-8,10,12-13H,1,9,11H2,2-5H3;1H2;1H. The zero-order valence-corrected chi connectivity index (χ0v) is 13.5. The average Bonchev–Trinajstić information content (AvgIpc) is 2.48. The summed E-state index contributed by atoms with van der Waals surface area (Å²) < 4.78 is 0. The van der Waals surface area contributed by atoms with E-state index in [1.54, 1.807) is 0 Å². The maximum absolute atomic E-state index is 10.6. The highest BCUT2D eigenvalue weighted by atomic mass is 16.1. The van der Waals surface area contributed by atoms with Crippen molar-refractivity contribution in [2.75, 3.05) is 7.05 Å². The molecule has 0 aliphatic rings. The summed E-state index contributed by atoms with van der Waals surface area (Å²) >= 11 is 0. The molecule has 3 nitrogen and oxygen atoms in total. The first-order valence-corrected chi connectivity index (χ1v) is 6.86. The van der Waals surface area contributed by atoms with Crippen LogP contribution in [0.3, 0.4) is 0 Å². The number of aryl methyl sites for hydroxylation is 1. The number of carbonyl (C=O) groups excluding carboxylic acids is 2. The van der Waals surface area contributed by atoms with Gasteiger partial charge < -0.3 is 14.5 Å². The molecule has 0 spiro atoms. The Labute approximate surface area is 129 Å². The third kappa shape index (κ3) is 5.41. The van der Waals surface area contributed by atoms with Crippen LogP contribution in [-0.4, -0.2) is 30.6 Å². The van der Waals surface area contributed by atoms with Gasteiger partial charge in [-0.1, -0.05) is 30.8 Å². The van der Waals surface area contributed by atoms with Crippen molar-refractivity contribution in [1.82, 2.24) is 4.90 Å². The largest absolute Gasteiger partial charge is 0.363 e. The Morgan fingerprint density at radius 2 is 1.90 bits per heavy atom. The Kier molecular flexibility index (Phi) is 8.03. The zero-order chi connectivity index (χ0) is 16.5. The van der Waals surface area contributed by atoms with Crippen molar-refractivity contribution in [2.24, 2.45) is 0 Å². The van der Waals surface area contributed by atoms with E-state index in [1.807, 2.05) is 26.0 Å². The lowest BCUT2D eigenvalue weighted by molar-refractivity contribution is -0.107. The van der Waals surface area contributed by atoms with E-state index in [-0.39, 0.29) is 6.97 Å². The van der Waals surface area contributed by atoms with Crippen molar-refractivity contribution in [3.63, 3.8) is 0 Å². The molecule has 0 saturated heterocycles. The highest BCUT2D eigenvalue weighted by Crippen LogP contribution is 2.27. The first-order valence-electron chi connectivity index (χ1n) is 6.86. The number of benzene rings is 1. The van der Waals surface area contributed by atoms with Gasteiger partial charge in [-0.05, 0) is 32.8 Å². The summed E-state index contributed by atoms with van der Waals surface area (Å²) in [6.07, 6.45) is 2.26. The molecule has 3 heteroatoms. The first kappa shape index (κ1) is 18.9. The molecule has 1 rings (SSSR count). The van der Waals surface area contributed by atoms with Crippen molar-refractivity contribution in [2.45, 2.75) is 39.2 Å². The molecule has 0 aromatic heterocycles. The molecule has 0 bridgehead atoms. The van der Waals surface area contributed by atoms with Crippen molar-refractivity contribution in [3.05, 3.63) is 47.7 Å². The summed E-state index contributed by atoms with van der Waals surface area (Å²) in [4.78, 5) is 20.7. The smallest absolute Gasteiger partial charge is 0.120 e. The maximum Gasteiger partial charge on any atom is 0.120 e. The Morgan fingerprint density at radius 3 is 2.38 bits per heavy atom. The van der Waals surface area contributed by atoms with Crippen LogP contribution in [0, 0.1) is 0 Å². The van der Waals surface area contributed by atoms with Crippen molar-refractivity contribution >= 4 is 18.8 Å². The van der Waals surface area contributed by atoms with Crippen LogP contribution in [0.5, 0.6) is 0 Å². The lowest BCUT2D eigenvalue weighted by Gasteiger charge is -2.35. The number of nitrogens with zero attached hydrogens (tertiary/aromatic N) is 1. The fourth-order valence-electron chi connectivity index (χ4n) is 1.91. The fourth-order valence-corrected chi connectivity index (χ4v) is 1.91. The second-order valence-electron chi connectivity index (χ2n) is 5.62. The second-order valence-corrected chi connectivity index (χ2v) is 5.62. The van der Waals surface area contributed by atoms with Crippen molar-refractivity contribution in [3.8, 4) is 0 Å². The maximum atomic E-state index is 10.6. The molecule has 0 fully saturated rings. The van der Waals surface area contributed by atoms with E-state index in [4.69, 9.17) is 4.79 Å². The number of aldehydes is 1. The summed E-state index contributed by atoms with van der Waals surface area (Å²) in [5.74, 6) is 0. The van der Waals surface area contributed by atoms with Gasteiger partial charge in [-0.3, -0.25) is 0 Å². The van der Waals surface area contributed by atoms with Gasteiger partial charge in [0.25, 0.3) is 0 Å². The molecule has 1 aromatic carbocycles. The third-order valence-electron chi connectivity index (χ3n) is 3.31. The summed E-state index contributed by atoms with van der Waals surface area (Å²) in [5, 5.41) is 0. The van der Waals surface area contributed by atoms with Crippen molar-refractivity contribution in [1.29, 1.82) is 0 Å². The SMILES string of the molecule is C=C=C(c1ccccc1CCC=O)N(C)C(C)(C)C.C=O.[HH]. The van der Waals surface area contributed by atoms with Crippen LogP contribution in [0.4, 0.5) is 0 Å². The van der Waals surface area contributed by atoms with Crippen LogP contribution in [0.2, 0.25) is 0 Å². The van der Waals surface area contributed by atoms with Gasteiger partial charge in [0.05, 0.1) is 5.70 Å². The topological polar surface area (TPSA) is 37.4 Å². The molecule has 0 saturated carbocycles. The van der Waals surface area contributed by atoms with E-state index in [0.29, 0.717) is 6.42 Å². The number of hydrogen-bond donors (Lipinski definition) is 0. The van der Waals surface area contributed by atoms with Gasteiger partial charge in [0.2, 0.25) is 0 Å². The third-order valence-corrected chi connectivity index (χ3v) is 3.31. The summed E-state index contributed by atoms with van der Waals surface area (Å²) in [6.45, 7) is 12.3. The van der Waals surface area contributed by atoms with Gasteiger partial charge in [-0.2, -0.15) is 0 Å². The van der Waals surface area contributed by atoms with E-state index >= 15 is 0 Å². The molecule has 0 unspecified atom stereocenters. The molecular formula is C18H27NO2. The van der Waals surface area contributed by atoms with Crippen LogP contribution in [0.15, 0.2) is 36.6 Å². The minimum absolute atomic E-state index is 0. The monoisotopic (exact) mass is 289 g/mol. The van der Waals surface area contributed by atoms with E-state index < -0.39 is 0 Å². The molecule has 116 valence electrons. The van der Waals surface area contributed by atoms with Gasteiger partial charge in [-0.25, -0.2) is 0 Å². The van der Waals surface area contributed by atoms with E-state index in [1.165, 1.54) is 0 Å². The molecule has 0 aliphatic carbocycles. The zero-order valence-electron chi connectivity index (χ0n) is 13.5. The molecule has 21 heavy (non-hydrogen) atoms. The lowest BCUT2D eigenvalue weighted by atomic mass is 9.97. The second kappa shape index (κ2) is 8.93. The minimum Gasteiger partial charge on any atom is -0.363 e. The van der Waals surface area contributed by atoms with Crippen LogP contribution in [-0.2, 0) is 16.0 Å². The average molecular weight is 289 g/mol. The molecule has 1 aromatic rings. The van der Waals surface area contributed by atoms with Crippen molar-refractivity contribution < 1.29 is 11.0 Å². The van der Waals surface area contributed by atoms with Gasteiger partial charge >= 0.3 is 0 Å². The van der Waals surface area contributed by atoms with Crippen LogP contribution >= 0.6 is 0 Å². The molecule has 0 heterocycles.